The molecule has 0 unspecified atom stereocenters. The molecule has 0 spiro atoms. The highest BCUT2D eigenvalue weighted by molar-refractivity contribution is 9.10. The largest absolute Gasteiger partial charge is 0.383 e. The van der Waals surface area contributed by atoms with Crippen LogP contribution in [0.3, 0.4) is 0 Å². The predicted molar refractivity (Wildman–Crippen MR) is 77.1 cm³/mol. The van der Waals surface area contributed by atoms with Crippen molar-refractivity contribution >= 4 is 32.7 Å². The number of rotatable bonds is 4. The first-order valence-corrected chi connectivity index (χ1v) is 6.85. The van der Waals surface area contributed by atoms with Crippen LogP contribution in [0.4, 0.5) is 5.82 Å². The third-order valence-electron chi connectivity index (χ3n) is 2.96. The van der Waals surface area contributed by atoms with Gasteiger partial charge in [-0.15, -0.1) is 0 Å². The van der Waals surface area contributed by atoms with Gasteiger partial charge in [0.05, 0.1) is 5.52 Å². The van der Waals surface area contributed by atoms with Crippen LogP contribution in [0.2, 0.25) is 0 Å². The molecule has 0 radical (unpaired) electrons. The van der Waals surface area contributed by atoms with Crippen LogP contribution in [0.15, 0.2) is 28.7 Å². The normalized spacial score (nSPS) is 10.9. The van der Waals surface area contributed by atoms with Gasteiger partial charge in [-0.3, -0.25) is 0 Å². The minimum atomic E-state index is 0.667. The van der Waals surface area contributed by atoms with Gasteiger partial charge in [-0.2, -0.15) is 0 Å². The number of nitrogens with two attached hydrogens (primary N) is 1. The monoisotopic (exact) mass is 292 g/mol. The molecule has 0 amide bonds. The maximum atomic E-state index is 6.01. The highest BCUT2D eigenvalue weighted by atomic mass is 79.9. The Bertz CT molecular complexity index is 523. The van der Waals surface area contributed by atoms with Crippen molar-refractivity contribution in [1.29, 1.82) is 0 Å². The number of unbranched alkanes of at least 4 members (excludes halogenated alkanes) is 2. The molecule has 1 aromatic carbocycles. The molecular weight excluding hydrogens is 276 g/mol. The Morgan fingerprint density at radius 3 is 2.88 bits per heavy atom. The first-order valence-electron chi connectivity index (χ1n) is 6.06. The molecule has 1 aromatic heterocycles. The van der Waals surface area contributed by atoms with Crippen molar-refractivity contribution in [1.82, 2.24) is 4.98 Å². The smallest absolute Gasteiger partial charge is 0.127 e. The average Bonchev–Trinajstić information content (AvgIpc) is 2.31. The summed E-state index contributed by atoms with van der Waals surface area (Å²) in [6, 6.07) is 8.26. The molecule has 3 heteroatoms. The summed E-state index contributed by atoms with van der Waals surface area (Å²) >= 11 is 3.50. The highest BCUT2D eigenvalue weighted by Crippen LogP contribution is 2.25. The van der Waals surface area contributed by atoms with Crippen molar-refractivity contribution in [3.8, 4) is 0 Å². The zero-order valence-electron chi connectivity index (χ0n) is 10.0. The van der Waals surface area contributed by atoms with Gasteiger partial charge in [0.1, 0.15) is 5.82 Å². The van der Waals surface area contributed by atoms with E-state index >= 15 is 0 Å². The molecular formula is C14H17BrN2. The zero-order chi connectivity index (χ0) is 12.3. The zero-order valence-corrected chi connectivity index (χ0v) is 11.6. The predicted octanol–water partition coefficient (Wildman–Crippen LogP) is 4.31. The summed E-state index contributed by atoms with van der Waals surface area (Å²) < 4.78 is 1.00. The molecule has 0 bridgehead atoms. The fourth-order valence-corrected chi connectivity index (χ4v) is 2.46. The number of hydrogen-bond acceptors (Lipinski definition) is 2. The standard InChI is InChI=1S/C14H17BrN2/c1-2-3-4-6-11-9-10-7-5-8-12(15)13(10)17-14(11)16/h5,7-9H,2-4,6H2,1H3,(H2,16,17). The Morgan fingerprint density at radius 1 is 1.29 bits per heavy atom. The number of pyridine rings is 1. The molecule has 0 aliphatic rings. The lowest BCUT2D eigenvalue weighted by Crippen LogP contribution is -1.99. The highest BCUT2D eigenvalue weighted by Gasteiger charge is 2.05. The van der Waals surface area contributed by atoms with Crippen molar-refractivity contribution in [2.75, 3.05) is 5.73 Å². The van der Waals surface area contributed by atoms with E-state index in [1.165, 1.54) is 24.8 Å². The number of aryl methyl sites for hydroxylation is 1. The van der Waals surface area contributed by atoms with E-state index in [0.29, 0.717) is 5.82 Å². The van der Waals surface area contributed by atoms with E-state index in [4.69, 9.17) is 5.73 Å². The Morgan fingerprint density at radius 2 is 2.12 bits per heavy atom. The molecule has 2 aromatic rings. The molecule has 0 aliphatic heterocycles. The summed E-state index contributed by atoms with van der Waals surface area (Å²) in [6.07, 6.45) is 4.68. The number of halogens is 1. The second-order valence-corrected chi connectivity index (χ2v) is 5.16. The third-order valence-corrected chi connectivity index (χ3v) is 3.60. The van der Waals surface area contributed by atoms with Crippen molar-refractivity contribution in [2.45, 2.75) is 32.6 Å². The number of fused-ring (bicyclic) bond motifs is 1. The second kappa shape index (κ2) is 5.50. The van der Waals surface area contributed by atoms with Crippen LogP contribution in [-0.2, 0) is 6.42 Å². The molecule has 17 heavy (non-hydrogen) atoms. The topological polar surface area (TPSA) is 38.9 Å². The summed E-state index contributed by atoms with van der Waals surface area (Å²) in [6.45, 7) is 2.21. The van der Waals surface area contributed by atoms with Crippen molar-refractivity contribution in [2.24, 2.45) is 0 Å². The minimum Gasteiger partial charge on any atom is -0.383 e. The van der Waals surface area contributed by atoms with Crippen molar-refractivity contribution < 1.29 is 0 Å². The fourth-order valence-electron chi connectivity index (χ4n) is 1.99. The Hall–Kier alpha value is -1.09. The first-order chi connectivity index (χ1) is 8.22. The fraction of sp³-hybridized carbons (Fsp3) is 0.357. The number of nitrogens with zero attached hydrogens (tertiary/aromatic N) is 1. The van der Waals surface area contributed by atoms with Crippen LogP contribution in [-0.4, -0.2) is 4.98 Å². The molecule has 0 saturated carbocycles. The number of aromatic nitrogens is 1. The Kier molecular flexibility index (Phi) is 4.00. The molecule has 0 fully saturated rings. The van der Waals surface area contributed by atoms with Gasteiger partial charge in [0.15, 0.2) is 0 Å². The van der Waals surface area contributed by atoms with Crippen LogP contribution in [0.25, 0.3) is 10.9 Å². The molecule has 0 aliphatic carbocycles. The van der Waals surface area contributed by atoms with E-state index in [2.05, 4.69) is 40.0 Å². The van der Waals surface area contributed by atoms with Crippen LogP contribution in [0.1, 0.15) is 31.7 Å². The van der Waals surface area contributed by atoms with Gasteiger partial charge in [-0.05, 0) is 46.5 Å². The molecule has 0 atom stereocenters. The van der Waals surface area contributed by atoms with E-state index in [-0.39, 0.29) is 0 Å². The van der Waals surface area contributed by atoms with Crippen molar-refractivity contribution in [3.05, 3.63) is 34.3 Å². The molecule has 2 N–H and O–H groups in total. The molecule has 2 rings (SSSR count). The summed E-state index contributed by atoms with van der Waals surface area (Å²) in [5, 5.41) is 1.15. The Balaban J connectivity index is 2.35. The number of hydrogen-bond donors (Lipinski definition) is 1. The third kappa shape index (κ3) is 2.78. The summed E-state index contributed by atoms with van der Waals surface area (Å²) in [5.41, 5.74) is 8.12. The van der Waals surface area contributed by atoms with Gasteiger partial charge >= 0.3 is 0 Å². The maximum Gasteiger partial charge on any atom is 0.127 e. The Labute approximate surface area is 110 Å². The average molecular weight is 293 g/mol. The molecule has 2 nitrogen and oxygen atoms in total. The number of nitrogen functional groups attached to an aromatic ring is 1. The van der Waals surface area contributed by atoms with E-state index in [9.17, 15) is 0 Å². The van der Waals surface area contributed by atoms with E-state index in [1.807, 2.05) is 12.1 Å². The maximum absolute atomic E-state index is 6.01. The van der Waals surface area contributed by atoms with Gasteiger partial charge in [0.25, 0.3) is 0 Å². The first kappa shape index (κ1) is 12.4. The van der Waals surface area contributed by atoms with E-state index in [0.717, 1.165) is 21.8 Å². The minimum absolute atomic E-state index is 0.667. The summed E-state index contributed by atoms with van der Waals surface area (Å²) in [7, 11) is 0. The lowest BCUT2D eigenvalue weighted by molar-refractivity contribution is 0.718. The van der Waals surface area contributed by atoms with Gasteiger partial charge < -0.3 is 5.73 Å². The SMILES string of the molecule is CCCCCc1cc2cccc(Br)c2nc1N. The number of anilines is 1. The van der Waals surface area contributed by atoms with Gasteiger partial charge in [0.2, 0.25) is 0 Å². The van der Waals surface area contributed by atoms with Gasteiger partial charge in [-0.25, -0.2) is 4.98 Å². The summed E-state index contributed by atoms with van der Waals surface area (Å²) in [4.78, 5) is 4.48. The molecule has 0 saturated heterocycles. The van der Waals surface area contributed by atoms with Crippen molar-refractivity contribution in [3.63, 3.8) is 0 Å². The lowest BCUT2D eigenvalue weighted by Gasteiger charge is -2.07. The van der Waals surface area contributed by atoms with E-state index < -0.39 is 0 Å². The molecule has 1 heterocycles. The van der Waals surface area contributed by atoms with Gasteiger partial charge in [-0.1, -0.05) is 31.9 Å². The van der Waals surface area contributed by atoms with Crippen LogP contribution >= 0.6 is 15.9 Å². The van der Waals surface area contributed by atoms with Crippen LogP contribution in [0, 0.1) is 0 Å². The number of para-hydroxylation sites is 1. The van der Waals surface area contributed by atoms with Crippen LogP contribution < -0.4 is 5.73 Å². The number of benzene rings is 1. The van der Waals surface area contributed by atoms with E-state index in [1.54, 1.807) is 0 Å². The quantitative estimate of drug-likeness (QED) is 0.853. The summed E-state index contributed by atoms with van der Waals surface area (Å²) in [5.74, 6) is 0.667. The second-order valence-electron chi connectivity index (χ2n) is 4.30. The van der Waals surface area contributed by atoms with Gasteiger partial charge in [0, 0.05) is 9.86 Å². The molecule has 90 valence electrons. The van der Waals surface area contributed by atoms with Crippen LogP contribution in [0.5, 0.6) is 0 Å². The lowest BCUT2D eigenvalue weighted by atomic mass is 10.1.